The van der Waals surface area contributed by atoms with Crippen LogP contribution in [-0.4, -0.2) is 20.1 Å². The topological polar surface area (TPSA) is 18.5 Å². The molecule has 0 heterocycles. The Kier molecular flexibility index (Phi) is 7.81. The standard InChI is InChI=1S/C19H29ClO2/c1-13(9-7-8-12-20)10-11-17-16(4)18(21-5)14(2)15(3)19(17)22-6/h10H,7-9,11-12H2,1-6H3. The van der Waals surface area contributed by atoms with Crippen LogP contribution in [0, 0.1) is 20.8 Å². The maximum Gasteiger partial charge on any atom is 0.126 e. The molecular weight excluding hydrogens is 296 g/mol. The fourth-order valence-electron chi connectivity index (χ4n) is 2.86. The molecule has 0 saturated heterocycles. The van der Waals surface area contributed by atoms with Crippen molar-refractivity contribution in [2.75, 3.05) is 20.1 Å². The Morgan fingerprint density at radius 3 is 2.09 bits per heavy atom. The Morgan fingerprint density at radius 2 is 1.55 bits per heavy atom. The lowest BCUT2D eigenvalue weighted by Crippen LogP contribution is -2.03. The third-order valence-electron chi connectivity index (χ3n) is 4.33. The summed E-state index contributed by atoms with van der Waals surface area (Å²) in [7, 11) is 3.48. The van der Waals surface area contributed by atoms with Crippen molar-refractivity contribution in [2.24, 2.45) is 0 Å². The molecule has 0 amide bonds. The highest BCUT2D eigenvalue weighted by Gasteiger charge is 2.17. The molecule has 0 N–H and O–H groups in total. The van der Waals surface area contributed by atoms with Gasteiger partial charge in [-0.05, 0) is 70.1 Å². The molecule has 3 heteroatoms. The molecule has 0 aliphatic rings. The fourth-order valence-corrected chi connectivity index (χ4v) is 3.05. The first-order valence-electron chi connectivity index (χ1n) is 7.90. The Morgan fingerprint density at radius 1 is 0.955 bits per heavy atom. The zero-order chi connectivity index (χ0) is 16.7. The predicted molar refractivity (Wildman–Crippen MR) is 95.8 cm³/mol. The quantitative estimate of drug-likeness (QED) is 0.356. The van der Waals surface area contributed by atoms with Crippen LogP contribution in [0.3, 0.4) is 0 Å². The molecule has 0 radical (unpaired) electrons. The number of halogens is 1. The third-order valence-corrected chi connectivity index (χ3v) is 4.60. The third kappa shape index (κ3) is 4.42. The number of unbranched alkanes of at least 4 members (excludes halogenated alkanes) is 1. The second kappa shape index (κ2) is 9.09. The van der Waals surface area contributed by atoms with Gasteiger partial charge in [-0.3, -0.25) is 0 Å². The van der Waals surface area contributed by atoms with Gasteiger partial charge in [0.05, 0.1) is 14.2 Å². The largest absolute Gasteiger partial charge is 0.496 e. The average molecular weight is 325 g/mol. The van der Waals surface area contributed by atoms with Gasteiger partial charge in [0, 0.05) is 11.4 Å². The van der Waals surface area contributed by atoms with Gasteiger partial charge < -0.3 is 9.47 Å². The Bertz CT molecular complexity index is 533. The van der Waals surface area contributed by atoms with Crippen molar-refractivity contribution in [2.45, 2.75) is 53.4 Å². The number of ether oxygens (including phenoxy) is 2. The van der Waals surface area contributed by atoms with Gasteiger partial charge >= 0.3 is 0 Å². The highest BCUT2D eigenvalue weighted by Crippen LogP contribution is 2.38. The van der Waals surface area contributed by atoms with Crippen molar-refractivity contribution in [3.05, 3.63) is 33.9 Å². The van der Waals surface area contributed by atoms with E-state index in [2.05, 4.69) is 33.8 Å². The van der Waals surface area contributed by atoms with Gasteiger partial charge in [0.25, 0.3) is 0 Å². The first kappa shape index (κ1) is 18.9. The molecule has 0 fully saturated rings. The van der Waals surface area contributed by atoms with E-state index in [0.29, 0.717) is 0 Å². The summed E-state index contributed by atoms with van der Waals surface area (Å²) in [5.41, 5.74) is 6.12. The number of alkyl halides is 1. The molecule has 0 aliphatic heterocycles. The van der Waals surface area contributed by atoms with E-state index in [1.165, 1.54) is 16.7 Å². The summed E-state index contributed by atoms with van der Waals surface area (Å²) in [5, 5.41) is 0. The zero-order valence-corrected chi connectivity index (χ0v) is 15.6. The van der Waals surface area contributed by atoms with Crippen LogP contribution < -0.4 is 9.47 Å². The van der Waals surface area contributed by atoms with E-state index in [1.54, 1.807) is 14.2 Å². The Labute approximate surface area is 140 Å². The predicted octanol–water partition coefficient (Wildman–Crippen LogP) is 5.53. The molecular formula is C19H29ClO2. The molecule has 1 aromatic carbocycles. The highest BCUT2D eigenvalue weighted by molar-refractivity contribution is 6.17. The minimum Gasteiger partial charge on any atom is -0.496 e. The summed E-state index contributed by atoms with van der Waals surface area (Å²) in [4.78, 5) is 0. The molecule has 1 aromatic rings. The minimum absolute atomic E-state index is 0.745. The van der Waals surface area contributed by atoms with E-state index >= 15 is 0 Å². The summed E-state index contributed by atoms with van der Waals surface area (Å²) in [6.45, 7) is 8.48. The van der Waals surface area contributed by atoms with Crippen LogP contribution in [0.15, 0.2) is 11.6 Å². The number of hydrogen-bond acceptors (Lipinski definition) is 2. The van der Waals surface area contributed by atoms with E-state index < -0.39 is 0 Å². The molecule has 124 valence electrons. The SMILES string of the molecule is COc1c(C)c(C)c(OC)c(CC=C(C)CCCCCl)c1C. The normalized spacial score (nSPS) is 11.7. The summed E-state index contributed by atoms with van der Waals surface area (Å²) >= 11 is 5.73. The Balaban J connectivity index is 3.08. The van der Waals surface area contributed by atoms with Crippen LogP contribution in [0.5, 0.6) is 11.5 Å². The van der Waals surface area contributed by atoms with E-state index in [9.17, 15) is 0 Å². The summed E-state index contributed by atoms with van der Waals surface area (Å²) < 4.78 is 11.3. The molecule has 22 heavy (non-hydrogen) atoms. The lowest BCUT2D eigenvalue weighted by Gasteiger charge is -2.20. The molecule has 0 aliphatic carbocycles. The lowest BCUT2D eigenvalue weighted by atomic mass is 9.94. The van der Waals surface area contributed by atoms with Gasteiger partial charge in [0.1, 0.15) is 11.5 Å². The summed E-state index contributed by atoms with van der Waals surface area (Å²) in [6.07, 6.45) is 6.51. The Hall–Kier alpha value is -1.15. The first-order valence-corrected chi connectivity index (χ1v) is 8.43. The molecule has 0 bridgehead atoms. The molecule has 0 atom stereocenters. The van der Waals surface area contributed by atoms with E-state index in [-0.39, 0.29) is 0 Å². The fraction of sp³-hybridized carbons (Fsp3) is 0.579. The zero-order valence-electron chi connectivity index (χ0n) is 14.8. The summed E-state index contributed by atoms with van der Waals surface area (Å²) in [6, 6.07) is 0. The van der Waals surface area contributed by atoms with Crippen LogP contribution in [0.25, 0.3) is 0 Å². The van der Waals surface area contributed by atoms with Gasteiger partial charge in [-0.25, -0.2) is 0 Å². The van der Waals surface area contributed by atoms with Gasteiger partial charge in [-0.1, -0.05) is 11.6 Å². The van der Waals surface area contributed by atoms with Crippen molar-refractivity contribution < 1.29 is 9.47 Å². The van der Waals surface area contributed by atoms with Crippen LogP contribution in [-0.2, 0) is 6.42 Å². The molecule has 0 spiro atoms. The van der Waals surface area contributed by atoms with Crippen LogP contribution in [0.2, 0.25) is 0 Å². The van der Waals surface area contributed by atoms with Gasteiger partial charge in [0.2, 0.25) is 0 Å². The monoisotopic (exact) mass is 324 g/mol. The average Bonchev–Trinajstić information content (AvgIpc) is 2.50. The lowest BCUT2D eigenvalue weighted by molar-refractivity contribution is 0.391. The second-order valence-corrected chi connectivity index (χ2v) is 6.20. The molecule has 2 nitrogen and oxygen atoms in total. The molecule has 0 unspecified atom stereocenters. The van der Waals surface area contributed by atoms with Crippen molar-refractivity contribution in [1.29, 1.82) is 0 Å². The maximum absolute atomic E-state index is 5.73. The van der Waals surface area contributed by atoms with E-state index in [0.717, 1.165) is 54.2 Å². The van der Waals surface area contributed by atoms with E-state index in [4.69, 9.17) is 21.1 Å². The molecule has 0 aromatic heterocycles. The number of methoxy groups -OCH3 is 2. The number of hydrogen-bond donors (Lipinski definition) is 0. The van der Waals surface area contributed by atoms with Crippen molar-refractivity contribution >= 4 is 11.6 Å². The van der Waals surface area contributed by atoms with E-state index in [1.807, 2.05) is 0 Å². The molecule has 1 rings (SSSR count). The van der Waals surface area contributed by atoms with Gasteiger partial charge in [0.15, 0.2) is 0 Å². The molecule has 0 saturated carbocycles. The van der Waals surface area contributed by atoms with Crippen LogP contribution >= 0.6 is 11.6 Å². The first-order chi connectivity index (χ1) is 10.5. The number of benzene rings is 1. The summed E-state index contributed by atoms with van der Waals surface area (Å²) in [5.74, 6) is 2.70. The maximum atomic E-state index is 5.73. The van der Waals surface area contributed by atoms with Gasteiger partial charge in [-0.15, -0.1) is 11.6 Å². The van der Waals surface area contributed by atoms with Crippen molar-refractivity contribution in [1.82, 2.24) is 0 Å². The van der Waals surface area contributed by atoms with Crippen LogP contribution in [0.4, 0.5) is 0 Å². The highest BCUT2D eigenvalue weighted by atomic mass is 35.5. The van der Waals surface area contributed by atoms with Gasteiger partial charge in [-0.2, -0.15) is 0 Å². The number of rotatable bonds is 8. The minimum atomic E-state index is 0.745. The van der Waals surface area contributed by atoms with Crippen molar-refractivity contribution in [3.8, 4) is 11.5 Å². The second-order valence-electron chi connectivity index (χ2n) is 5.82. The van der Waals surface area contributed by atoms with Crippen molar-refractivity contribution in [3.63, 3.8) is 0 Å². The number of allylic oxidation sites excluding steroid dienone is 2. The smallest absolute Gasteiger partial charge is 0.126 e. The van der Waals surface area contributed by atoms with Crippen LogP contribution in [0.1, 0.15) is 48.4 Å².